The lowest BCUT2D eigenvalue weighted by molar-refractivity contribution is -0.384. The van der Waals surface area contributed by atoms with Gasteiger partial charge >= 0.3 is 0 Å². The Morgan fingerprint density at radius 2 is 2.07 bits per heavy atom. The molecule has 10 heteroatoms. The summed E-state index contributed by atoms with van der Waals surface area (Å²) in [7, 11) is 3.68. The minimum absolute atomic E-state index is 0.0778. The molecule has 1 N–H and O–H groups in total. The summed E-state index contributed by atoms with van der Waals surface area (Å²) in [5.41, 5.74) is 0.670. The normalized spacial score (nSPS) is 16.6. The Morgan fingerprint density at radius 1 is 1.37 bits per heavy atom. The van der Waals surface area contributed by atoms with Crippen molar-refractivity contribution >= 4 is 28.7 Å². The fourth-order valence-corrected chi connectivity index (χ4v) is 4.32. The van der Waals surface area contributed by atoms with Crippen LogP contribution in [0.25, 0.3) is 0 Å². The van der Waals surface area contributed by atoms with Gasteiger partial charge in [-0.1, -0.05) is 12.1 Å². The van der Waals surface area contributed by atoms with Crippen molar-refractivity contribution in [2.75, 3.05) is 27.2 Å². The van der Waals surface area contributed by atoms with E-state index in [0.717, 1.165) is 0 Å². The smallest absolute Gasteiger partial charge is 0.290 e. The van der Waals surface area contributed by atoms with E-state index < -0.39 is 28.4 Å². The second-order valence-corrected chi connectivity index (χ2v) is 8.50. The Kier molecular flexibility index (Phi) is 5.99. The molecule has 1 unspecified atom stereocenters. The van der Waals surface area contributed by atoms with Gasteiger partial charge in [-0.3, -0.25) is 19.7 Å². The van der Waals surface area contributed by atoms with Crippen LogP contribution in [0.2, 0.25) is 0 Å². The number of non-ortho nitro benzene ring substituents is 1. The predicted octanol–water partition coefficient (Wildman–Crippen LogP) is 2.81. The van der Waals surface area contributed by atoms with Crippen molar-refractivity contribution < 1.29 is 19.6 Å². The quantitative estimate of drug-likeness (QED) is 0.408. The van der Waals surface area contributed by atoms with Gasteiger partial charge in [0.15, 0.2) is 5.76 Å². The molecular weight excluding hydrogens is 408 g/mol. The van der Waals surface area contributed by atoms with Crippen LogP contribution in [0.15, 0.2) is 35.6 Å². The van der Waals surface area contributed by atoms with E-state index in [1.807, 2.05) is 19.0 Å². The zero-order chi connectivity index (χ0) is 22.2. The van der Waals surface area contributed by atoms with Crippen LogP contribution in [0.3, 0.4) is 0 Å². The van der Waals surface area contributed by atoms with E-state index in [2.05, 4.69) is 4.98 Å². The number of aryl methyl sites for hydroxylation is 2. The number of Topliss-reactive ketones (excluding diaryl/α,β-unsaturated/α-hetero) is 1. The maximum atomic E-state index is 13.4. The highest BCUT2D eigenvalue weighted by molar-refractivity contribution is 7.14. The van der Waals surface area contributed by atoms with E-state index in [4.69, 9.17) is 0 Å². The number of nitro groups is 1. The Bertz CT molecular complexity index is 1060. The summed E-state index contributed by atoms with van der Waals surface area (Å²) in [5.74, 6) is -1.79. The summed E-state index contributed by atoms with van der Waals surface area (Å²) in [6, 6.07) is 4.86. The zero-order valence-electron chi connectivity index (χ0n) is 17.1. The standard InChI is InChI=1S/C20H22N4O5S/c1-11-19(30-12(2)21-11)17(25)15-16(13-6-5-7-14(10-13)24(28)29)23(9-8-22(3)4)20(27)18(15)26/h5-7,10,16,26H,8-9H2,1-4H3. The molecule has 1 aliphatic rings. The largest absolute Gasteiger partial charge is 0.503 e. The van der Waals surface area contributed by atoms with Crippen molar-refractivity contribution in [1.82, 2.24) is 14.8 Å². The molecule has 2 heterocycles. The van der Waals surface area contributed by atoms with E-state index in [9.17, 15) is 24.8 Å². The number of aromatic nitrogens is 1. The third-order valence-corrected chi connectivity index (χ3v) is 5.91. The maximum absolute atomic E-state index is 13.4. The van der Waals surface area contributed by atoms with Gasteiger partial charge in [0.2, 0.25) is 5.78 Å². The summed E-state index contributed by atoms with van der Waals surface area (Å²) in [5, 5.41) is 22.6. The van der Waals surface area contributed by atoms with E-state index >= 15 is 0 Å². The zero-order valence-corrected chi connectivity index (χ0v) is 17.9. The fourth-order valence-electron chi connectivity index (χ4n) is 3.44. The third-order valence-electron chi connectivity index (χ3n) is 4.84. The van der Waals surface area contributed by atoms with E-state index in [1.165, 1.54) is 34.4 Å². The number of thiazole rings is 1. The molecule has 0 aliphatic carbocycles. The summed E-state index contributed by atoms with van der Waals surface area (Å²) < 4.78 is 0. The van der Waals surface area contributed by atoms with Crippen LogP contribution < -0.4 is 0 Å². The predicted molar refractivity (Wildman–Crippen MR) is 112 cm³/mol. The molecule has 158 valence electrons. The van der Waals surface area contributed by atoms with E-state index in [0.29, 0.717) is 27.7 Å². The van der Waals surface area contributed by atoms with Gasteiger partial charge < -0.3 is 14.9 Å². The lowest BCUT2D eigenvalue weighted by Gasteiger charge is -2.27. The molecule has 2 aromatic rings. The monoisotopic (exact) mass is 430 g/mol. The Labute approximate surface area is 177 Å². The summed E-state index contributed by atoms with van der Waals surface area (Å²) >= 11 is 1.19. The number of likely N-dealkylation sites (N-methyl/N-ethyl adjacent to an activating group) is 1. The maximum Gasteiger partial charge on any atom is 0.290 e. The minimum atomic E-state index is -0.924. The number of aliphatic hydroxyl groups is 1. The second-order valence-electron chi connectivity index (χ2n) is 7.30. The molecule has 30 heavy (non-hydrogen) atoms. The van der Waals surface area contributed by atoms with Crippen LogP contribution in [0, 0.1) is 24.0 Å². The fraction of sp³-hybridized carbons (Fsp3) is 0.350. The molecule has 0 fully saturated rings. The molecule has 0 saturated carbocycles. The van der Waals surface area contributed by atoms with Gasteiger partial charge in [-0.25, -0.2) is 4.98 Å². The molecule has 1 atom stereocenters. The first-order valence-electron chi connectivity index (χ1n) is 9.23. The Hall–Kier alpha value is -3.11. The van der Waals surface area contributed by atoms with Crippen molar-refractivity contribution in [1.29, 1.82) is 0 Å². The average Bonchev–Trinajstić information content (AvgIpc) is 3.15. The van der Waals surface area contributed by atoms with Crippen LogP contribution in [-0.4, -0.2) is 63.7 Å². The lowest BCUT2D eigenvalue weighted by atomic mass is 9.94. The van der Waals surface area contributed by atoms with Gasteiger partial charge in [0.05, 0.1) is 32.1 Å². The van der Waals surface area contributed by atoms with Gasteiger partial charge in [-0.2, -0.15) is 0 Å². The molecule has 1 aliphatic heterocycles. The number of hydrogen-bond acceptors (Lipinski definition) is 8. The topological polar surface area (TPSA) is 117 Å². The van der Waals surface area contributed by atoms with Gasteiger partial charge in [-0.15, -0.1) is 11.3 Å². The minimum Gasteiger partial charge on any atom is -0.503 e. The number of benzene rings is 1. The second kappa shape index (κ2) is 8.33. The van der Waals surface area contributed by atoms with Gasteiger partial charge in [0.1, 0.15) is 0 Å². The number of aliphatic hydroxyl groups excluding tert-OH is 1. The van der Waals surface area contributed by atoms with Crippen LogP contribution in [0.1, 0.15) is 32.0 Å². The molecule has 3 rings (SSSR count). The highest BCUT2D eigenvalue weighted by Crippen LogP contribution is 2.40. The summed E-state index contributed by atoms with van der Waals surface area (Å²) in [4.78, 5) is 44.8. The Balaban J connectivity index is 2.13. The van der Waals surface area contributed by atoms with Crippen LogP contribution in [0.5, 0.6) is 0 Å². The highest BCUT2D eigenvalue weighted by atomic mass is 32.1. The summed E-state index contributed by atoms with van der Waals surface area (Å²) in [6.45, 7) is 4.19. The average molecular weight is 430 g/mol. The number of hydrogen-bond donors (Lipinski definition) is 1. The van der Waals surface area contributed by atoms with Crippen LogP contribution >= 0.6 is 11.3 Å². The van der Waals surface area contributed by atoms with Crippen molar-refractivity contribution in [2.24, 2.45) is 0 Å². The highest BCUT2D eigenvalue weighted by Gasteiger charge is 2.44. The molecule has 9 nitrogen and oxygen atoms in total. The first-order valence-corrected chi connectivity index (χ1v) is 10.0. The molecule has 0 saturated heterocycles. The molecule has 0 bridgehead atoms. The molecule has 1 amide bonds. The van der Waals surface area contributed by atoms with Crippen molar-refractivity contribution in [3.63, 3.8) is 0 Å². The number of ketones is 1. The molecule has 0 spiro atoms. The molecule has 1 aromatic heterocycles. The van der Waals surface area contributed by atoms with Crippen LogP contribution in [-0.2, 0) is 4.79 Å². The number of carbonyl (C=O) groups excluding carboxylic acids is 2. The SMILES string of the molecule is Cc1nc(C)c(C(=O)C2=C(O)C(=O)N(CCN(C)C)C2c2cccc([N+](=O)[O-])c2)s1. The van der Waals surface area contributed by atoms with Crippen molar-refractivity contribution in [3.05, 3.63) is 66.9 Å². The number of carbonyl (C=O) groups is 2. The molecule has 1 aromatic carbocycles. The van der Waals surface area contributed by atoms with Crippen molar-refractivity contribution in [2.45, 2.75) is 19.9 Å². The number of nitro benzene ring substituents is 1. The van der Waals surface area contributed by atoms with Crippen LogP contribution in [0.4, 0.5) is 5.69 Å². The molecule has 0 radical (unpaired) electrons. The van der Waals surface area contributed by atoms with E-state index in [-0.39, 0.29) is 17.8 Å². The first kappa shape index (κ1) is 21.6. The Morgan fingerprint density at radius 3 is 2.63 bits per heavy atom. The van der Waals surface area contributed by atoms with Gasteiger partial charge in [0.25, 0.3) is 11.6 Å². The number of amides is 1. The number of nitrogens with zero attached hydrogens (tertiary/aromatic N) is 4. The third kappa shape index (κ3) is 3.96. The molecular formula is C20H22N4O5S. The summed E-state index contributed by atoms with van der Waals surface area (Å²) in [6.07, 6.45) is 0. The number of rotatable bonds is 7. The van der Waals surface area contributed by atoms with Gasteiger partial charge in [0, 0.05) is 25.2 Å². The van der Waals surface area contributed by atoms with E-state index in [1.54, 1.807) is 19.9 Å². The lowest BCUT2D eigenvalue weighted by Crippen LogP contribution is -2.36. The van der Waals surface area contributed by atoms with Gasteiger partial charge in [-0.05, 0) is 33.5 Å². The van der Waals surface area contributed by atoms with Crippen molar-refractivity contribution in [3.8, 4) is 0 Å². The first-order chi connectivity index (χ1) is 14.1.